The molecule has 170 valence electrons. The highest BCUT2D eigenvalue weighted by atomic mass is 16.6. The summed E-state index contributed by atoms with van der Waals surface area (Å²) in [7, 11) is 0. The van der Waals surface area contributed by atoms with Crippen molar-refractivity contribution in [2.24, 2.45) is 0 Å². The molecule has 0 aromatic heterocycles. The average Bonchev–Trinajstić information content (AvgIpc) is 2.83. The zero-order chi connectivity index (χ0) is 24.7. The smallest absolute Gasteiger partial charge is 0.271 e. The number of nitriles is 1. The van der Waals surface area contributed by atoms with Gasteiger partial charge in [0.15, 0.2) is 0 Å². The number of carbonyl (C=O) groups excluding carboxylic acids is 1. The van der Waals surface area contributed by atoms with Crippen molar-refractivity contribution in [1.82, 2.24) is 0 Å². The Labute approximate surface area is 194 Å². The molecule has 0 radical (unpaired) electrons. The monoisotopic (exact) mass is 458 g/mol. The molecule has 10 nitrogen and oxygen atoms in total. The van der Waals surface area contributed by atoms with Crippen LogP contribution in [0.1, 0.15) is 16.7 Å². The predicted molar refractivity (Wildman–Crippen MR) is 124 cm³/mol. The van der Waals surface area contributed by atoms with E-state index < -0.39 is 15.8 Å². The second-order valence-corrected chi connectivity index (χ2v) is 7.16. The minimum Gasteiger partial charge on any atom is -0.489 e. The van der Waals surface area contributed by atoms with Gasteiger partial charge in [-0.15, -0.1) is 0 Å². The topological polar surface area (TPSA) is 148 Å². The van der Waals surface area contributed by atoms with Crippen LogP contribution in [0.15, 0.2) is 72.3 Å². The molecule has 34 heavy (non-hydrogen) atoms. The second-order valence-electron chi connectivity index (χ2n) is 7.16. The van der Waals surface area contributed by atoms with E-state index in [0.717, 1.165) is 5.56 Å². The van der Waals surface area contributed by atoms with Crippen LogP contribution in [0.25, 0.3) is 6.08 Å². The van der Waals surface area contributed by atoms with Crippen LogP contribution in [0.5, 0.6) is 5.75 Å². The van der Waals surface area contributed by atoms with E-state index in [2.05, 4.69) is 5.32 Å². The number of hydrogen-bond donors (Lipinski definition) is 1. The van der Waals surface area contributed by atoms with E-state index in [1.165, 1.54) is 36.4 Å². The number of hydrogen-bond acceptors (Lipinski definition) is 7. The minimum atomic E-state index is -0.690. The summed E-state index contributed by atoms with van der Waals surface area (Å²) in [6.45, 7) is 1.89. The molecular weight excluding hydrogens is 440 g/mol. The van der Waals surface area contributed by atoms with Crippen molar-refractivity contribution in [1.29, 1.82) is 5.26 Å². The van der Waals surface area contributed by atoms with Crippen LogP contribution in [-0.2, 0) is 11.4 Å². The molecule has 1 amide bonds. The van der Waals surface area contributed by atoms with Gasteiger partial charge in [0.05, 0.1) is 15.5 Å². The number of carbonyl (C=O) groups is 1. The summed E-state index contributed by atoms with van der Waals surface area (Å²) >= 11 is 0. The molecule has 0 unspecified atom stereocenters. The molecule has 0 aliphatic rings. The minimum absolute atomic E-state index is 0.00197. The fourth-order valence-corrected chi connectivity index (χ4v) is 2.90. The van der Waals surface area contributed by atoms with E-state index in [4.69, 9.17) is 4.74 Å². The van der Waals surface area contributed by atoms with E-state index in [9.17, 15) is 30.3 Å². The second kappa shape index (κ2) is 10.5. The molecule has 0 aliphatic heterocycles. The molecule has 3 rings (SSSR count). The Morgan fingerprint density at radius 2 is 1.62 bits per heavy atom. The fraction of sp³-hybridized carbons (Fsp3) is 0.0833. The van der Waals surface area contributed by atoms with Crippen LogP contribution >= 0.6 is 0 Å². The van der Waals surface area contributed by atoms with Crippen molar-refractivity contribution in [2.75, 3.05) is 5.32 Å². The highest BCUT2D eigenvalue weighted by molar-refractivity contribution is 6.10. The van der Waals surface area contributed by atoms with Crippen molar-refractivity contribution < 1.29 is 19.4 Å². The Bertz CT molecular complexity index is 1310. The lowest BCUT2D eigenvalue weighted by Crippen LogP contribution is -2.14. The van der Waals surface area contributed by atoms with Crippen LogP contribution in [-0.4, -0.2) is 15.8 Å². The van der Waals surface area contributed by atoms with E-state index in [1.807, 2.05) is 6.07 Å². The quantitative estimate of drug-likeness (QED) is 0.217. The number of nitro benzene ring substituents is 2. The number of nitro groups is 2. The van der Waals surface area contributed by atoms with Gasteiger partial charge in [0.1, 0.15) is 24.0 Å². The van der Waals surface area contributed by atoms with Crippen molar-refractivity contribution >= 4 is 29.0 Å². The van der Waals surface area contributed by atoms with Crippen molar-refractivity contribution in [3.63, 3.8) is 0 Å². The molecule has 10 heteroatoms. The molecule has 0 bridgehead atoms. The summed E-state index contributed by atoms with van der Waals surface area (Å²) in [6, 6.07) is 18.6. The lowest BCUT2D eigenvalue weighted by atomic mass is 10.1. The van der Waals surface area contributed by atoms with Gasteiger partial charge in [0.2, 0.25) is 0 Å². The number of ether oxygens (including phenoxy) is 1. The molecule has 3 aromatic rings. The van der Waals surface area contributed by atoms with Crippen LogP contribution in [0.2, 0.25) is 0 Å². The van der Waals surface area contributed by atoms with E-state index in [1.54, 1.807) is 43.3 Å². The first kappa shape index (κ1) is 23.6. The van der Waals surface area contributed by atoms with Crippen LogP contribution in [0, 0.1) is 38.5 Å². The summed E-state index contributed by atoms with van der Waals surface area (Å²) in [5, 5.41) is 33.6. The number of amides is 1. The lowest BCUT2D eigenvalue weighted by Gasteiger charge is -2.08. The largest absolute Gasteiger partial charge is 0.489 e. The molecule has 0 heterocycles. The normalized spacial score (nSPS) is 10.8. The fourth-order valence-electron chi connectivity index (χ4n) is 2.90. The maximum atomic E-state index is 12.5. The van der Waals surface area contributed by atoms with Crippen LogP contribution in [0.3, 0.4) is 0 Å². The lowest BCUT2D eigenvalue weighted by molar-refractivity contribution is -0.385. The van der Waals surface area contributed by atoms with Gasteiger partial charge in [-0.05, 0) is 54.0 Å². The first-order valence-electron chi connectivity index (χ1n) is 9.91. The molecule has 0 atom stereocenters. The highest BCUT2D eigenvalue weighted by Crippen LogP contribution is 2.23. The van der Waals surface area contributed by atoms with Crippen molar-refractivity contribution in [3.8, 4) is 11.8 Å². The standard InChI is InChI=1S/C24H18N4O6/c1-16-2-7-21(28(32)33)13-23(16)26-24(29)19(14-25)12-17-5-10-22(11-6-17)34-15-18-3-8-20(9-4-18)27(30)31/h2-13H,15H2,1H3,(H,26,29)/b19-12+. The average molecular weight is 458 g/mol. The van der Waals surface area contributed by atoms with Gasteiger partial charge in [-0.2, -0.15) is 5.26 Å². The third kappa shape index (κ3) is 6.02. The summed E-state index contributed by atoms with van der Waals surface area (Å²) in [4.78, 5) is 33.2. The van der Waals surface area contributed by atoms with Crippen molar-refractivity contribution in [3.05, 3.63) is 109 Å². The third-order valence-corrected chi connectivity index (χ3v) is 4.79. The molecule has 1 N–H and O–H groups in total. The number of anilines is 1. The Hall–Kier alpha value is -5.04. The molecule has 0 spiro atoms. The highest BCUT2D eigenvalue weighted by Gasteiger charge is 2.14. The molecule has 0 saturated heterocycles. The first-order valence-corrected chi connectivity index (χ1v) is 9.91. The van der Waals surface area contributed by atoms with E-state index in [0.29, 0.717) is 16.9 Å². The van der Waals surface area contributed by atoms with E-state index in [-0.39, 0.29) is 29.2 Å². The molecule has 0 aliphatic carbocycles. The summed E-state index contributed by atoms with van der Waals surface area (Å²) in [6.07, 6.45) is 1.39. The predicted octanol–water partition coefficient (Wildman–Crippen LogP) is 4.94. The van der Waals surface area contributed by atoms with Gasteiger partial charge in [0, 0.05) is 24.3 Å². The van der Waals surface area contributed by atoms with Crippen LogP contribution in [0.4, 0.5) is 17.1 Å². The molecule has 3 aromatic carbocycles. The van der Waals surface area contributed by atoms with Gasteiger partial charge in [-0.3, -0.25) is 25.0 Å². The van der Waals surface area contributed by atoms with Gasteiger partial charge >= 0.3 is 0 Å². The Kier molecular flexibility index (Phi) is 7.31. The van der Waals surface area contributed by atoms with Crippen LogP contribution < -0.4 is 10.1 Å². The van der Waals surface area contributed by atoms with Gasteiger partial charge < -0.3 is 10.1 Å². The number of nitrogens with zero attached hydrogens (tertiary/aromatic N) is 3. The Morgan fingerprint density at radius 1 is 1.00 bits per heavy atom. The summed E-state index contributed by atoms with van der Waals surface area (Å²) < 4.78 is 5.66. The van der Waals surface area contributed by atoms with Gasteiger partial charge in [-0.1, -0.05) is 18.2 Å². The Morgan fingerprint density at radius 3 is 2.21 bits per heavy atom. The van der Waals surface area contributed by atoms with Gasteiger partial charge in [0.25, 0.3) is 17.3 Å². The number of nitrogens with one attached hydrogen (secondary N) is 1. The third-order valence-electron chi connectivity index (χ3n) is 4.79. The number of aryl methyl sites for hydroxylation is 1. The number of rotatable bonds is 8. The molecule has 0 saturated carbocycles. The summed E-state index contributed by atoms with van der Waals surface area (Å²) in [5.41, 5.74) is 1.84. The van der Waals surface area contributed by atoms with Crippen molar-refractivity contribution in [2.45, 2.75) is 13.5 Å². The maximum Gasteiger partial charge on any atom is 0.271 e. The Balaban J connectivity index is 1.66. The number of benzene rings is 3. The van der Waals surface area contributed by atoms with E-state index >= 15 is 0 Å². The molecule has 0 fully saturated rings. The summed E-state index contributed by atoms with van der Waals surface area (Å²) in [5.74, 6) is -0.157. The molecular formula is C24H18N4O6. The zero-order valence-electron chi connectivity index (χ0n) is 17.9. The zero-order valence-corrected chi connectivity index (χ0v) is 17.9. The first-order chi connectivity index (χ1) is 16.3. The maximum absolute atomic E-state index is 12.5. The van der Waals surface area contributed by atoms with Gasteiger partial charge in [-0.25, -0.2) is 0 Å². The number of non-ortho nitro benzene ring substituents is 2. The SMILES string of the molecule is Cc1ccc([N+](=O)[O-])cc1NC(=O)/C(C#N)=C/c1ccc(OCc2ccc([N+](=O)[O-])cc2)cc1.